The van der Waals surface area contributed by atoms with Crippen molar-refractivity contribution >= 4 is 28.7 Å². The largest absolute Gasteiger partial charge is 0.371 e. The maximum Gasteiger partial charge on any atom is 0.320 e. The molecule has 2 heterocycles. The lowest BCUT2D eigenvalue weighted by Gasteiger charge is -2.39. The van der Waals surface area contributed by atoms with E-state index in [1.54, 1.807) is 0 Å². The summed E-state index contributed by atoms with van der Waals surface area (Å²) in [7, 11) is 0. The van der Waals surface area contributed by atoms with Gasteiger partial charge in [0.25, 0.3) is 0 Å². The molecule has 3 aliphatic rings. The Labute approximate surface area is 150 Å². The second-order valence-corrected chi connectivity index (χ2v) is 7.80. The fourth-order valence-corrected chi connectivity index (χ4v) is 5.34. The summed E-state index contributed by atoms with van der Waals surface area (Å²) >= 11 is 1.37. The number of amidine groups is 1. The molecule has 0 radical (unpaired) electrons. The van der Waals surface area contributed by atoms with Crippen molar-refractivity contribution in [2.24, 2.45) is 10.9 Å². The number of rotatable bonds is 2. The summed E-state index contributed by atoms with van der Waals surface area (Å²) in [5.41, 5.74) is 0.616. The minimum absolute atomic E-state index is 0.00368. The molecule has 0 unspecified atom stereocenters. The molecule has 132 valence electrons. The zero-order valence-electron chi connectivity index (χ0n) is 14.0. The van der Waals surface area contributed by atoms with Gasteiger partial charge in [-0.2, -0.15) is 0 Å². The summed E-state index contributed by atoms with van der Waals surface area (Å²) in [6, 6.07) is 9.83. The molecule has 2 amide bonds. The van der Waals surface area contributed by atoms with Crippen molar-refractivity contribution in [2.75, 3.05) is 13.2 Å². The van der Waals surface area contributed by atoms with Crippen LogP contribution in [0.1, 0.15) is 31.4 Å². The smallest absolute Gasteiger partial charge is 0.320 e. The molecule has 25 heavy (non-hydrogen) atoms. The van der Waals surface area contributed by atoms with Crippen LogP contribution in [-0.4, -0.2) is 40.9 Å². The van der Waals surface area contributed by atoms with E-state index in [0.717, 1.165) is 12.0 Å². The Morgan fingerprint density at radius 3 is 2.96 bits per heavy atom. The molecule has 4 rings (SSSR count). The number of nitrogens with one attached hydrogen (secondary N) is 2. The van der Waals surface area contributed by atoms with E-state index in [1.165, 1.54) is 11.8 Å². The predicted octanol–water partition coefficient (Wildman–Crippen LogP) is 2.27. The number of amides is 2. The van der Waals surface area contributed by atoms with E-state index in [0.29, 0.717) is 24.7 Å². The van der Waals surface area contributed by atoms with Crippen LogP contribution in [0.2, 0.25) is 0 Å². The molecule has 1 saturated heterocycles. The summed E-state index contributed by atoms with van der Waals surface area (Å²) in [4.78, 5) is 29.1. The number of hydrogen-bond donors (Lipinski definition) is 2. The Morgan fingerprint density at radius 1 is 1.40 bits per heavy atom. The molecule has 7 heteroatoms. The van der Waals surface area contributed by atoms with Gasteiger partial charge in [0.2, 0.25) is 0 Å². The van der Waals surface area contributed by atoms with Crippen molar-refractivity contribution in [3.8, 4) is 0 Å². The summed E-state index contributed by atoms with van der Waals surface area (Å²) in [6.07, 6.45) is 1.33. The third-order valence-corrected chi connectivity index (χ3v) is 6.51. The van der Waals surface area contributed by atoms with Gasteiger partial charge in [-0.25, -0.2) is 4.79 Å². The zero-order valence-corrected chi connectivity index (χ0v) is 14.8. The third kappa shape index (κ3) is 2.85. The second kappa shape index (κ2) is 6.46. The molecule has 1 saturated carbocycles. The van der Waals surface area contributed by atoms with Crippen molar-refractivity contribution in [1.29, 1.82) is 0 Å². The lowest BCUT2D eigenvalue weighted by molar-refractivity contribution is -0.117. The maximum atomic E-state index is 12.5. The lowest BCUT2D eigenvalue weighted by Crippen LogP contribution is -2.47. The van der Waals surface area contributed by atoms with Gasteiger partial charge in [-0.1, -0.05) is 42.1 Å². The van der Waals surface area contributed by atoms with E-state index in [9.17, 15) is 9.59 Å². The Kier molecular flexibility index (Phi) is 4.29. The molecule has 4 atom stereocenters. The van der Waals surface area contributed by atoms with Gasteiger partial charge in [-0.3, -0.25) is 15.1 Å². The number of nitrogens with zero attached hydrogens (tertiary/aromatic N) is 1. The number of thioether (sulfide) groups is 1. The molecule has 1 spiro atoms. The number of Topliss-reactive ketones (excluding diaryl/α,β-unsaturated/α-hetero) is 1. The fraction of sp³-hybridized carbons (Fsp3) is 0.500. The highest BCUT2D eigenvalue weighted by molar-refractivity contribution is 8.15. The number of carbonyl (C=O) groups is 2. The summed E-state index contributed by atoms with van der Waals surface area (Å²) in [5, 5.41) is 5.72. The molecule has 1 aromatic rings. The first-order chi connectivity index (χ1) is 12.1. The van der Waals surface area contributed by atoms with E-state index in [4.69, 9.17) is 9.73 Å². The van der Waals surface area contributed by atoms with Gasteiger partial charge in [0.15, 0.2) is 5.17 Å². The first kappa shape index (κ1) is 16.6. The van der Waals surface area contributed by atoms with E-state index in [-0.39, 0.29) is 29.1 Å². The van der Waals surface area contributed by atoms with Crippen LogP contribution in [0, 0.1) is 5.92 Å². The highest BCUT2D eigenvalue weighted by Gasteiger charge is 2.61. The first-order valence-electron chi connectivity index (χ1n) is 8.63. The molecule has 1 aliphatic carbocycles. The SMILES string of the molecule is CCNC(=O)NC1=N[C@@]23CO[C@H](c4ccccc4)C[C@@H]2CC(=O)[C@H]3S1. The van der Waals surface area contributed by atoms with E-state index >= 15 is 0 Å². The fourth-order valence-electron chi connectivity index (χ4n) is 4.00. The molecule has 6 nitrogen and oxygen atoms in total. The molecule has 0 bridgehead atoms. The number of aliphatic imine (C=N–C) groups is 1. The quantitative estimate of drug-likeness (QED) is 0.849. The molecule has 1 aromatic carbocycles. The van der Waals surface area contributed by atoms with Gasteiger partial charge < -0.3 is 10.1 Å². The van der Waals surface area contributed by atoms with E-state index in [1.807, 2.05) is 25.1 Å². The Hall–Kier alpha value is -1.86. The van der Waals surface area contributed by atoms with Gasteiger partial charge in [0.05, 0.1) is 18.0 Å². The number of carbonyl (C=O) groups excluding carboxylic acids is 2. The van der Waals surface area contributed by atoms with Gasteiger partial charge >= 0.3 is 6.03 Å². The predicted molar refractivity (Wildman–Crippen MR) is 96.6 cm³/mol. The van der Waals surface area contributed by atoms with Crippen LogP contribution in [0.15, 0.2) is 35.3 Å². The lowest BCUT2D eigenvalue weighted by atomic mass is 9.80. The minimum atomic E-state index is -0.526. The highest BCUT2D eigenvalue weighted by atomic mass is 32.2. The van der Waals surface area contributed by atoms with Crippen molar-refractivity contribution in [3.63, 3.8) is 0 Å². The molecule has 2 aliphatic heterocycles. The molecule has 2 fully saturated rings. The minimum Gasteiger partial charge on any atom is -0.371 e. The normalized spacial score (nSPS) is 33.4. The molecular weight excluding hydrogens is 338 g/mol. The van der Waals surface area contributed by atoms with Crippen molar-refractivity contribution in [2.45, 2.75) is 36.7 Å². The topological polar surface area (TPSA) is 79.8 Å². The molecule has 2 N–H and O–H groups in total. The van der Waals surface area contributed by atoms with Crippen LogP contribution in [0.3, 0.4) is 0 Å². The van der Waals surface area contributed by atoms with Gasteiger partial charge in [-0.05, 0) is 24.8 Å². The van der Waals surface area contributed by atoms with Gasteiger partial charge in [0.1, 0.15) is 11.3 Å². The van der Waals surface area contributed by atoms with Crippen LogP contribution in [-0.2, 0) is 9.53 Å². The van der Waals surface area contributed by atoms with Crippen molar-refractivity contribution in [1.82, 2.24) is 10.6 Å². The van der Waals surface area contributed by atoms with E-state index < -0.39 is 5.54 Å². The summed E-state index contributed by atoms with van der Waals surface area (Å²) in [5.74, 6) is 0.369. The maximum absolute atomic E-state index is 12.5. The Morgan fingerprint density at radius 2 is 2.20 bits per heavy atom. The standard InChI is InChI=1S/C18H21N3O3S/c1-2-19-16(23)20-17-21-18-10-24-14(11-6-4-3-5-7-11)9-12(18)8-13(22)15(18)25-17/h3-7,12,14-15H,2,8-10H2,1H3,(H2,19,20,21,23)/t12-,14-,15+,18-/m0/s1. The van der Waals surface area contributed by atoms with Crippen molar-refractivity contribution in [3.05, 3.63) is 35.9 Å². The summed E-state index contributed by atoms with van der Waals surface area (Å²) in [6.45, 7) is 2.82. The number of ether oxygens (including phenoxy) is 1. The second-order valence-electron chi connectivity index (χ2n) is 6.70. The molecular formula is C18H21N3O3S. The van der Waals surface area contributed by atoms with Crippen LogP contribution in [0.5, 0.6) is 0 Å². The Balaban J connectivity index is 1.54. The van der Waals surface area contributed by atoms with Crippen LogP contribution in [0.25, 0.3) is 0 Å². The highest BCUT2D eigenvalue weighted by Crippen LogP contribution is 2.54. The zero-order chi connectivity index (χ0) is 17.4. The van der Waals surface area contributed by atoms with Crippen LogP contribution >= 0.6 is 11.8 Å². The average Bonchev–Trinajstić information content (AvgIpc) is 3.08. The Bertz CT molecular complexity index is 724. The van der Waals surface area contributed by atoms with E-state index in [2.05, 4.69) is 22.8 Å². The van der Waals surface area contributed by atoms with Crippen LogP contribution < -0.4 is 10.6 Å². The van der Waals surface area contributed by atoms with Crippen LogP contribution in [0.4, 0.5) is 4.79 Å². The molecule has 0 aromatic heterocycles. The van der Waals surface area contributed by atoms with Gasteiger partial charge in [-0.15, -0.1) is 0 Å². The third-order valence-electron chi connectivity index (χ3n) is 5.18. The number of hydrogen-bond acceptors (Lipinski definition) is 5. The monoisotopic (exact) mass is 359 g/mol. The average molecular weight is 359 g/mol. The number of urea groups is 1. The number of ketones is 1. The first-order valence-corrected chi connectivity index (χ1v) is 9.51. The summed E-state index contributed by atoms with van der Waals surface area (Å²) < 4.78 is 6.13. The van der Waals surface area contributed by atoms with Crippen molar-refractivity contribution < 1.29 is 14.3 Å². The van der Waals surface area contributed by atoms with Gasteiger partial charge in [0, 0.05) is 13.0 Å². The number of benzene rings is 1.